The van der Waals surface area contributed by atoms with Crippen LogP contribution in [-0.2, 0) is 9.53 Å². The van der Waals surface area contributed by atoms with E-state index in [1.165, 1.54) is 26.4 Å². The Morgan fingerprint density at radius 1 is 1.19 bits per heavy atom. The zero-order valence-corrected chi connectivity index (χ0v) is 17.3. The van der Waals surface area contributed by atoms with Crippen molar-refractivity contribution in [1.82, 2.24) is 0 Å². The van der Waals surface area contributed by atoms with Gasteiger partial charge in [-0.1, -0.05) is 11.6 Å². The van der Waals surface area contributed by atoms with E-state index in [9.17, 15) is 9.59 Å². The van der Waals surface area contributed by atoms with E-state index < -0.39 is 5.97 Å². The van der Waals surface area contributed by atoms with Gasteiger partial charge in [0.1, 0.15) is 0 Å². The lowest BCUT2D eigenvalue weighted by Crippen LogP contribution is -2.73. The molecular weight excluding hydrogens is 364 g/mol. The summed E-state index contributed by atoms with van der Waals surface area (Å²) in [5, 5.41) is 3.56. The topological polar surface area (TPSA) is 55.4 Å². The van der Waals surface area contributed by atoms with Crippen LogP contribution in [0.5, 0.6) is 0 Å². The average molecular weight is 394 g/mol. The number of esters is 1. The summed E-state index contributed by atoms with van der Waals surface area (Å²) in [4.78, 5) is 25.8. The standard InChI is InChI=1S/C21H29ClN2O3/c1-4-24(11-6-5-7-12-24)21(9-8-10-21)20(26)23-18-15(2)13-16(22)14-17(18)19(25)27-3/h13-14H,4-12H2,1-3H3/p+1. The molecule has 0 spiro atoms. The first kappa shape index (κ1) is 20.2. The number of rotatable bonds is 5. The van der Waals surface area contributed by atoms with Crippen LogP contribution >= 0.6 is 11.6 Å². The highest BCUT2D eigenvalue weighted by atomic mass is 35.5. The maximum absolute atomic E-state index is 13.6. The molecule has 2 aliphatic rings. The molecule has 1 saturated carbocycles. The first-order valence-corrected chi connectivity index (χ1v) is 10.3. The van der Waals surface area contributed by atoms with Crippen molar-refractivity contribution in [2.24, 2.45) is 0 Å². The number of carbonyl (C=O) groups is 2. The van der Waals surface area contributed by atoms with Crippen LogP contribution in [0.3, 0.4) is 0 Å². The smallest absolute Gasteiger partial charge is 0.340 e. The largest absolute Gasteiger partial charge is 0.465 e. The molecule has 27 heavy (non-hydrogen) atoms. The Morgan fingerprint density at radius 2 is 1.85 bits per heavy atom. The normalized spacial score (nSPS) is 20.4. The van der Waals surface area contributed by atoms with Gasteiger partial charge in [-0.05, 0) is 57.2 Å². The van der Waals surface area contributed by atoms with Gasteiger partial charge in [0.05, 0.1) is 38.0 Å². The highest BCUT2D eigenvalue weighted by molar-refractivity contribution is 6.31. The number of likely N-dealkylation sites (N-methyl/N-ethyl adjacent to an activating group) is 1. The molecule has 3 rings (SSSR count). The summed E-state index contributed by atoms with van der Waals surface area (Å²) in [6, 6.07) is 3.33. The summed E-state index contributed by atoms with van der Waals surface area (Å²) in [5.41, 5.74) is 1.22. The second kappa shape index (κ2) is 7.80. The minimum atomic E-state index is -0.490. The second-order valence-corrected chi connectivity index (χ2v) is 8.38. The summed E-state index contributed by atoms with van der Waals surface area (Å²) in [7, 11) is 1.34. The summed E-state index contributed by atoms with van der Waals surface area (Å²) < 4.78 is 5.77. The molecule has 1 N–H and O–H groups in total. The lowest BCUT2D eigenvalue weighted by Gasteiger charge is -2.57. The second-order valence-electron chi connectivity index (χ2n) is 7.95. The van der Waals surface area contributed by atoms with Gasteiger partial charge in [-0.25, -0.2) is 4.79 Å². The monoisotopic (exact) mass is 393 g/mol. The van der Waals surface area contributed by atoms with Crippen molar-refractivity contribution in [2.75, 3.05) is 32.1 Å². The summed E-state index contributed by atoms with van der Waals surface area (Å²) in [6.07, 6.45) is 6.50. The van der Waals surface area contributed by atoms with Crippen LogP contribution in [0.25, 0.3) is 0 Å². The number of nitrogens with one attached hydrogen (secondary N) is 1. The van der Waals surface area contributed by atoms with Crippen molar-refractivity contribution >= 4 is 29.2 Å². The Hall–Kier alpha value is -1.59. The first-order valence-electron chi connectivity index (χ1n) is 9.95. The molecule has 0 unspecified atom stereocenters. The molecule has 1 amide bonds. The predicted molar refractivity (Wildman–Crippen MR) is 107 cm³/mol. The Labute approximate surface area is 166 Å². The molecule has 0 radical (unpaired) electrons. The zero-order chi connectivity index (χ0) is 19.7. The van der Waals surface area contributed by atoms with Gasteiger partial charge in [0.15, 0.2) is 5.54 Å². The van der Waals surface area contributed by atoms with Gasteiger partial charge in [0.2, 0.25) is 0 Å². The third-order valence-corrected chi connectivity index (χ3v) is 6.95. The van der Waals surface area contributed by atoms with Gasteiger partial charge >= 0.3 is 5.97 Å². The van der Waals surface area contributed by atoms with E-state index in [2.05, 4.69) is 12.2 Å². The third-order valence-electron chi connectivity index (χ3n) is 6.73. The number of aryl methyl sites for hydroxylation is 1. The number of benzene rings is 1. The fourth-order valence-corrected chi connectivity index (χ4v) is 5.28. The minimum Gasteiger partial charge on any atom is -0.465 e. The zero-order valence-electron chi connectivity index (χ0n) is 16.6. The van der Waals surface area contributed by atoms with E-state index in [4.69, 9.17) is 16.3 Å². The van der Waals surface area contributed by atoms with Gasteiger partial charge in [-0.3, -0.25) is 4.79 Å². The minimum absolute atomic E-state index is 0.0353. The molecular formula is C21H30ClN2O3+. The SMILES string of the molecule is CC[N+]1(C2(C(=O)Nc3c(C)cc(Cl)cc3C(=O)OC)CCC2)CCCCC1. The van der Waals surface area contributed by atoms with Crippen LogP contribution in [0.4, 0.5) is 5.69 Å². The van der Waals surface area contributed by atoms with Crippen molar-refractivity contribution in [3.05, 3.63) is 28.3 Å². The van der Waals surface area contributed by atoms with E-state index in [0.29, 0.717) is 16.3 Å². The summed E-state index contributed by atoms with van der Waals surface area (Å²) in [5.74, 6) is -0.455. The number of nitrogens with zero attached hydrogens (tertiary/aromatic N) is 1. The van der Waals surface area contributed by atoms with Gasteiger partial charge < -0.3 is 14.5 Å². The van der Waals surface area contributed by atoms with Crippen molar-refractivity contribution in [3.63, 3.8) is 0 Å². The Balaban J connectivity index is 1.96. The number of hydrogen-bond acceptors (Lipinski definition) is 3. The lowest BCUT2D eigenvalue weighted by molar-refractivity contribution is -0.974. The maximum atomic E-state index is 13.6. The number of ether oxygens (including phenoxy) is 1. The molecule has 6 heteroatoms. The van der Waals surface area contributed by atoms with Crippen molar-refractivity contribution in [2.45, 2.75) is 57.9 Å². The number of carbonyl (C=O) groups excluding carboxylic acids is 2. The molecule has 1 aliphatic heterocycles. The third kappa shape index (κ3) is 3.36. The highest BCUT2D eigenvalue weighted by Gasteiger charge is 2.59. The van der Waals surface area contributed by atoms with E-state index in [0.717, 1.165) is 48.9 Å². The van der Waals surface area contributed by atoms with Gasteiger partial charge in [-0.15, -0.1) is 0 Å². The van der Waals surface area contributed by atoms with Crippen LogP contribution in [0, 0.1) is 6.92 Å². The number of methoxy groups -OCH3 is 1. The first-order chi connectivity index (χ1) is 12.9. The van der Waals surface area contributed by atoms with Crippen LogP contribution < -0.4 is 5.32 Å². The Bertz CT molecular complexity index is 737. The van der Waals surface area contributed by atoms with Crippen LogP contribution in [0.1, 0.15) is 61.4 Å². The quantitative estimate of drug-likeness (QED) is 0.598. The number of likely N-dealkylation sites (tertiary alicyclic amines) is 1. The molecule has 5 nitrogen and oxygen atoms in total. The van der Waals surface area contributed by atoms with Gasteiger partial charge in [0, 0.05) is 17.9 Å². The molecule has 148 valence electrons. The Kier molecular flexibility index (Phi) is 5.82. The molecule has 1 aromatic rings. The fraction of sp³-hybridized carbons (Fsp3) is 0.619. The molecule has 1 heterocycles. The van der Waals surface area contributed by atoms with E-state index in [1.807, 2.05) is 6.92 Å². The molecule has 0 bridgehead atoms. The average Bonchev–Trinajstić information content (AvgIpc) is 2.62. The molecule has 0 atom stereocenters. The predicted octanol–water partition coefficient (Wildman–Crippen LogP) is 4.32. The molecule has 1 saturated heterocycles. The number of halogens is 1. The van der Waals surface area contributed by atoms with Crippen LogP contribution in [0.15, 0.2) is 12.1 Å². The molecule has 1 aliphatic carbocycles. The number of anilines is 1. The van der Waals surface area contributed by atoms with E-state index in [1.54, 1.807) is 12.1 Å². The van der Waals surface area contributed by atoms with Crippen molar-refractivity contribution < 1.29 is 18.8 Å². The summed E-state index contributed by atoms with van der Waals surface area (Å²) in [6.45, 7) is 7.15. The Morgan fingerprint density at radius 3 is 2.37 bits per heavy atom. The lowest BCUT2D eigenvalue weighted by atomic mass is 9.71. The molecule has 0 aromatic heterocycles. The summed E-state index contributed by atoms with van der Waals surface area (Å²) >= 11 is 6.13. The highest BCUT2D eigenvalue weighted by Crippen LogP contribution is 2.46. The van der Waals surface area contributed by atoms with Gasteiger partial charge in [0.25, 0.3) is 5.91 Å². The fourth-order valence-electron chi connectivity index (χ4n) is 5.00. The van der Waals surface area contributed by atoms with E-state index in [-0.39, 0.29) is 11.4 Å². The van der Waals surface area contributed by atoms with Gasteiger partial charge in [-0.2, -0.15) is 0 Å². The van der Waals surface area contributed by atoms with Crippen molar-refractivity contribution in [1.29, 1.82) is 0 Å². The molecule has 1 aromatic carbocycles. The number of piperidine rings is 1. The number of amides is 1. The van der Waals surface area contributed by atoms with Crippen molar-refractivity contribution in [3.8, 4) is 0 Å². The number of quaternary nitrogens is 1. The van der Waals surface area contributed by atoms with Crippen LogP contribution in [0.2, 0.25) is 5.02 Å². The van der Waals surface area contributed by atoms with Crippen LogP contribution in [-0.4, -0.2) is 48.6 Å². The maximum Gasteiger partial charge on any atom is 0.340 e. The number of hydrogen-bond donors (Lipinski definition) is 1. The van der Waals surface area contributed by atoms with E-state index >= 15 is 0 Å². The molecule has 2 fully saturated rings.